The molecule has 0 aromatic rings. The van der Waals surface area contributed by atoms with E-state index >= 15 is 0 Å². The summed E-state index contributed by atoms with van der Waals surface area (Å²) in [5, 5.41) is 10.8. The van der Waals surface area contributed by atoms with Gasteiger partial charge in [0.2, 0.25) is 6.29 Å². The molecule has 0 aliphatic carbocycles. The third-order valence-corrected chi connectivity index (χ3v) is 2.13. The summed E-state index contributed by atoms with van der Waals surface area (Å²) >= 11 is 0. The van der Waals surface area contributed by atoms with Gasteiger partial charge < -0.3 is 19.1 Å². The van der Waals surface area contributed by atoms with Gasteiger partial charge in [-0.05, 0) is 6.92 Å². The van der Waals surface area contributed by atoms with Gasteiger partial charge in [0.25, 0.3) is 0 Å². The van der Waals surface area contributed by atoms with Gasteiger partial charge in [0.15, 0.2) is 5.60 Å². The van der Waals surface area contributed by atoms with E-state index in [1.807, 2.05) is 21.1 Å². The van der Waals surface area contributed by atoms with Crippen molar-refractivity contribution in [2.24, 2.45) is 0 Å². The van der Waals surface area contributed by atoms with Gasteiger partial charge in [0.05, 0.1) is 21.1 Å². The predicted molar refractivity (Wildman–Crippen MR) is 66.5 cm³/mol. The van der Waals surface area contributed by atoms with Crippen LogP contribution in [0.2, 0.25) is 0 Å². The molecule has 1 unspecified atom stereocenters. The first kappa shape index (κ1) is 17.3. The molecule has 0 N–H and O–H groups in total. The molecule has 0 aromatic heterocycles. The molecule has 0 aromatic carbocycles. The Balaban J connectivity index is 4.80. The minimum Gasteiger partial charge on any atom is -0.550 e. The molecular formula is C13H20NO5. The average molecular weight is 270 g/mol. The molecule has 6 nitrogen and oxygen atoms in total. The zero-order chi connectivity index (χ0) is 15.1. The van der Waals surface area contributed by atoms with Crippen LogP contribution in [0.3, 0.4) is 0 Å². The minimum atomic E-state index is -1.28. The first-order chi connectivity index (χ1) is 8.58. The van der Waals surface area contributed by atoms with Crippen LogP contribution in [0.25, 0.3) is 0 Å². The third-order valence-electron chi connectivity index (χ3n) is 2.13. The summed E-state index contributed by atoms with van der Waals surface area (Å²) in [6.45, 7) is 1.87. The maximum absolute atomic E-state index is 11.5. The van der Waals surface area contributed by atoms with Gasteiger partial charge >= 0.3 is 5.97 Å². The zero-order valence-electron chi connectivity index (χ0n) is 11.8. The molecule has 1 radical (unpaired) electrons. The minimum absolute atomic E-state index is 0.0123. The molecular weight excluding hydrogens is 250 g/mol. The first-order valence-corrected chi connectivity index (χ1v) is 5.83. The van der Waals surface area contributed by atoms with Gasteiger partial charge in [0, 0.05) is 24.9 Å². The number of ether oxygens (including phenoxy) is 1. The molecule has 0 heterocycles. The number of quaternary nitrogens is 1. The van der Waals surface area contributed by atoms with E-state index in [1.165, 1.54) is 6.08 Å². The summed E-state index contributed by atoms with van der Waals surface area (Å²) in [5.74, 6) is -1.97. The Morgan fingerprint density at radius 3 is 2.37 bits per heavy atom. The number of aliphatic carboxylic acids is 1. The van der Waals surface area contributed by atoms with E-state index < -0.39 is 17.5 Å². The number of carboxylic acids is 1. The van der Waals surface area contributed by atoms with Crippen LogP contribution >= 0.6 is 0 Å². The number of likely N-dealkylation sites (N-methyl/N-ethyl adjacent to an activating group) is 1. The number of hydrogen-bond donors (Lipinski definition) is 0. The number of esters is 1. The molecule has 1 atom stereocenters. The average Bonchev–Trinajstić information content (AvgIpc) is 2.11. The number of hydrogen-bond acceptors (Lipinski definition) is 5. The lowest BCUT2D eigenvalue weighted by Crippen LogP contribution is -2.52. The monoisotopic (exact) mass is 270 g/mol. The molecule has 0 bridgehead atoms. The van der Waals surface area contributed by atoms with E-state index in [0.717, 1.165) is 6.08 Å². The van der Waals surface area contributed by atoms with Crippen LogP contribution < -0.4 is 5.11 Å². The van der Waals surface area contributed by atoms with Crippen LogP contribution in [0, 0.1) is 0 Å². The Bertz CT molecular complexity index is 370. The Hall–Kier alpha value is -1.69. The quantitative estimate of drug-likeness (QED) is 0.327. The standard InChI is InChI=1S/C13H20NO5/c1-13(9-11(16)17,10-14(2,3)4)19-12(18)7-5-6-8-15/h5,7H,6,9-10H2,1-4H3. The topological polar surface area (TPSA) is 83.5 Å². The summed E-state index contributed by atoms with van der Waals surface area (Å²) in [6.07, 6.45) is 3.60. The van der Waals surface area contributed by atoms with E-state index in [4.69, 9.17) is 4.74 Å². The molecule has 0 rings (SSSR count). The second-order valence-electron chi connectivity index (χ2n) is 5.62. The highest BCUT2D eigenvalue weighted by molar-refractivity contribution is 5.83. The van der Waals surface area contributed by atoms with Crippen LogP contribution in [0.15, 0.2) is 12.2 Å². The molecule has 0 saturated heterocycles. The molecule has 0 saturated carbocycles. The summed E-state index contributed by atoms with van der Waals surface area (Å²) in [5.41, 5.74) is -1.16. The number of allylic oxidation sites excluding steroid dienone is 1. The second-order valence-corrected chi connectivity index (χ2v) is 5.62. The van der Waals surface area contributed by atoms with Crippen LogP contribution in [0.5, 0.6) is 0 Å². The fourth-order valence-electron chi connectivity index (χ4n) is 1.91. The lowest BCUT2D eigenvalue weighted by atomic mass is 10.0. The van der Waals surface area contributed by atoms with Crippen molar-refractivity contribution in [3.63, 3.8) is 0 Å². The maximum atomic E-state index is 11.5. The second kappa shape index (κ2) is 7.04. The molecule has 0 fully saturated rings. The number of nitrogens with zero attached hydrogens (tertiary/aromatic N) is 1. The van der Waals surface area contributed by atoms with Crippen molar-refractivity contribution in [2.45, 2.75) is 25.4 Å². The van der Waals surface area contributed by atoms with E-state index in [1.54, 1.807) is 13.2 Å². The fraction of sp³-hybridized carbons (Fsp3) is 0.615. The van der Waals surface area contributed by atoms with Crippen molar-refractivity contribution in [3.8, 4) is 0 Å². The van der Waals surface area contributed by atoms with Crippen molar-refractivity contribution < 1.29 is 28.7 Å². The smallest absolute Gasteiger partial charge is 0.331 e. The Kier molecular flexibility index (Phi) is 6.41. The van der Waals surface area contributed by atoms with E-state index in [9.17, 15) is 19.5 Å². The normalized spacial score (nSPS) is 14.9. The molecule has 0 spiro atoms. The predicted octanol–water partition coefficient (Wildman–Crippen LogP) is -0.809. The van der Waals surface area contributed by atoms with Crippen LogP contribution in [0.1, 0.15) is 19.8 Å². The fourth-order valence-corrected chi connectivity index (χ4v) is 1.91. The van der Waals surface area contributed by atoms with Crippen molar-refractivity contribution in [1.29, 1.82) is 0 Å². The summed E-state index contributed by atoms with van der Waals surface area (Å²) in [6, 6.07) is 0. The highest BCUT2D eigenvalue weighted by Crippen LogP contribution is 2.19. The Morgan fingerprint density at radius 1 is 1.37 bits per heavy atom. The van der Waals surface area contributed by atoms with Gasteiger partial charge in [0.1, 0.15) is 6.54 Å². The zero-order valence-corrected chi connectivity index (χ0v) is 11.8. The van der Waals surface area contributed by atoms with E-state index in [2.05, 4.69) is 0 Å². The van der Waals surface area contributed by atoms with Gasteiger partial charge in [-0.3, -0.25) is 4.79 Å². The van der Waals surface area contributed by atoms with Crippen molar-refractivity contribution in [1.82, 2.24) is 0 Å². The molecule has 0 aliphatic rings. The van der Waals surface area contributed by atoms with Crippen molar-refractivity contribution in [3.05, 3.63) is 12.2 Å². The lowest BCUT2D eigenvalue weighted by Gasteiger charge is -2.36. The number of carboxylic acid groups (broad SMARTS) is 1. The number of carbonyl (C=O) groups excluding carboxylic acids is 3. The van der Waals surface area contributed by atoms with Crippen LogP contribution in [-0.2, 0) is 19.1 Å². The SMILES string of the molecule is CC(CC(=O)[O-])(C[N+](C)(C)C)OC(=O)C=CC[C]=O. The summed E-state index contributed by atoms with van der Waals surface area (Å²) in [4.78, 5) is 32.3. The Morgan fingerprint density at radius 2 is 1.95 bits per heavy atom. The summed E-state index contributed by atoms with van der Waals surface area (Å²) in [7, 11) is 5.58. The number of carbonyl (C=O) groups is 2. The number of rotatable bonds is 8. The molecule has 0 aliphatic heterocycles. The first-order valence-electron chi connectivity index (χ1n) is 5.83. The highest BCUT2D eigenvalue weighted by Gasteiger charge is 2.34. The maximum Gasteiger partial charge on any atom is 0.331 e. The van der Waals surface area contributed by atoms with Crippen molar-refractivity contribution >= 4 is 18.2 Å². The van der Waals surface area contributed by atoms with Crippen molar-refractivity contribution in [2.75, 3.05) is 27.7 Å². The Labute approximate surface area is 113 Å². The molecule has 107 valence electrons. The van der Waals surface area contributed by atoms with Crippen LogP contribution in [-0.4, -0.2) is 56.0 Å². The molecule has 19 heavy (non-hydrogen) atoms. The van der Waals surface area contributed by atoms with Crippen LogP contribution in [0.4, 0.5) is 0 Å². The van der Waals surface area contributed by atoms with E-state index in [0.29, 0.717) is 11.0 Å². The molecule has 0 amide bonds. The van der Waals surface area contributed by atoms with Gasteiger partial charge in [-0.2, -0.15) is 0 Å². The highest BCUT2D eigenvalue weighted by atomic mass is 16.6. The lowest BCUT2D eigenvalue weighted by molar-refractivity contribution is -0.876. The van der Waals surface area contributed by atoms with Gasteiger partial charge in [-0.25, -0.2) is 4.79 Å². The summed E-state index contributed by atoms with van der Waals surface area (Å²) < 4.78 is 5.61. The van der Waals surface area contributed by atoms with E-state index in [-0.39, 0.29) is 12.8 Å². The molecule has 6 heteroatoms. The third kappa shape index (κ3) is 8.96. The van der Waals surface area contributed by atoms with Gasteiger partial charge in [-0.15, -0.1) is 0 Å². The van der Waals surface area contributed by atoms with Gasteiger partial charge in [-0.1, -0.05) is 6.08 Å². The largest absolute Gasteiger partial charge is 0.550 e.